The van der Waals surface area contributed by atoms with Crippen LogP contribution in [0.1, 0.15) is 32.6 Å². The van der Waals surface area contributed by atoms with E-state index in [9.17, 15) is 0 Å². The van der Waals surface area contributed by atoms with Gasteiger partial charge in [-0.3, -0.25) is 0 Å². The van der Waals surface area contributed by atoms with Crippen LogP contribution < -0.4 is 11.1 Å². The standard InChI is InChI=1S/C11H18ClN3/c1-2-3-4-5-6-14-11-10(13)7-9(12)8-15-11/h7-8H,2-6,13H2,1H3,(H,14,15). The van der Waals surface area contributed by atoms with Crippen LogP contribution >= 0.6 is 11.6 Å². The van der Waals surface area contributed by atoms with Crippen LogP contribution in [0.25, 0.3) is 0 Å². The Morgan fingerprint density at radius 3 is 2.87 bits per heavy atom. The third-order valence-electron chi connectivity index (χ3n) is 2.21. The molecule has 0 aliphatic carbocycles. The number of nitrogens with two attached hydrogens (primary N) is 1. The minimum absolute atomic E-state index is 0.573. The molecule has 1 heterocycles. The maximum Gasteiger partial charge on any atom is 0.149 e. The first-order valence-corrected chi connectivity index (χ1v) is 5.76. The molecular weight excluding hydrogens is 210 g/mol. The molecule has 1 aromatic heterocycles. The van der Waals surface area contributed by atoms with Gasteiger partial charge in [-0.05, 0) is 12.5 Å². The topological polar surface area (TPSA) is 50.9 Å². The van der Waals surface area contributed by atoms with Crippen molar-refractivity contribution in [2.45, 2.75) is 32.6 Å². The summed E-state index contributed by atoms with van der Waals surface area (Å²) in [5, 5.41) is 3.78. The molecule has 15 heavy (non-hydrogen) atoms. The fourth-order valence-electron chi connectivity index (χ4n) is 1.36. The van der Waals surface area contributed by atoms with Crippen LogP contribution in [0, 0.1) is 0 Å². The molecule has 0 amide bonds. The fraction of sp³-hybridized carbons (Fsp3) is 0.545. The molecule has 1 aromatic rings. The van der Waals surface area contributed by atoms with Gasteiger partial charge in [0.1, 0.15) is 5.82 Å². The van der Waals surface area contributed by atoms with Crippen molar-refractivity contribution in [2.75, 3.05) is 17.6 Å². The molecule has 84 valence electrons. The SMILES string of the molecule is CCCCCCNc1ncc(Cl)cc1N. The van der Waals surface area contributed by atoms with Crippen LogP contribution in [-0.4, -0.2) is 11.5 Å². The molecule has 0 aliphatic rings. The number of halogens is 1. The van der Waals surface area contributed by atoms with Gasteiger partial charge in [0.05, 0.1) is 10.7 Å². The molecule has 0 fully saturated rings. The van der Waals surface area contributed by atoms with E-state index in [0.29, 0.717) is 10.7 Å². The number of nitrogens with one attached hydrogen (secondary N) is 1. The Kier molecular flexibility index (Phi) is 5.26. The second kappa shape index (κ2) is 6.51. The fourth-order valence-corrected chi connectivity index (χ4v) is 1.53. The van der Waals surface area contributed by atoms with Crippen LogP contribution in [0.4, 0.5) is 11.5 Å². The van der Waals surface area contributed by atoms with E-state index < -0.39 is 0 Å². The van der Waals surface area contributed by atoms with Crippen molar-refractivity contribution < 1.29 is 0 Å². The van der Waals surface area contributed by atoms with Gasteiger partial charge in [-0.25, -0.2) is 4.98 Å². The number of hydrogen-bond acceptors (Lipinski definition) is 3. The Morgan fingerprint density at radius 1 is 1.40 bits per heavy atom. The first kappa shape index (κ1) is 12.1. The predicted octanol–water partition coefficient (Wildman–Crippen LogP) is 3.31. The van der Waals surface area contributed by atoms with Gasteiger partial charge in [0.15, 0.2) is 0 Å². The summed E-state index contributed by atoms with van der Waals surface area (Å²) in [7, 11) is 0. The molecule has 0 bridgehead atoms. The highest BCUT2D eigenvalue weighted by Gasteiger charge is 2.00. The normalized spacial score (nSPS) is 10.3. The van der Waals surface area contributed by atoms with E-state index in [1.807, 2.05) is 0 Å². The number of nitrogen functional groups attached to an aromatic ring is 1. The van der Waals surface area contributed by atoms with Crippen molar-refractivity contribution in [3.8, 4) is 0 Å². The highest BCUT2D eigenvalue weighted by molar-refractivity contribution is 6.30. The number of unbranched alkanes of at least 4 members (excludes halogenated alkanes) is 3. The van der Waals surface area contributed by atoms with E-state index >= 15 is 0 Å². The Labute approximate surface area is 96.0 Å². The number of nitrogens with zero attached hydrogens (tertiary/aromatic N) is 1. The summed E-state index contributed by atoms with van der Waals surface area (Å²) in [5.41, 5.74) is 6.36. The van der Waals surface area contributed by atoms with Crippen molar-refractivity contribution >= 4 is 23.1 Å². The number of pyridine rings is 1. The molecule has 0 saturated carbocycles. The highest BCUT2D eigenvalue weighted by atomic mass is 35.5. The second-order valence-electron chi connectivity index (χ2n) is 3.58. The lowest BCUT2D eigenvalue weighted by atomic mass is 10.2. The second-order valence-corrected chi connectivity index (χ2v) is 4.02. The molecule has 0 unspecified atom stereocenters. The quantitative estimate of drug-likeness (QED) is 0.734. The van der Waals surface area contributed by atoms with E-state index in [1.165, 1.54) is 19.3 Å². The summed E-state index contributed by atoms with van der Waals surface area (Å²) >= 11 is 5.75. The number of aromatic nitrogens is 1. The Morgan fingerprint density at radius 2 is 2.20 bits per heavy atom. The van der Waals surface area contributed by atoms with Crippen LogP contribution in [0.15, 0.2) is 12.3 Å². The van der Waals surface area contributed by atoms with Gasteiger partial charge < -0.3 is 11.1 Å². The summed E-state index contributed by atoms with van der Waals surface area (Å²) in [6.45, 7) is 3.12. The van der Waals surface area contributed by atoms with Gasteiger partial charge in [-0.15, -0.1) is 0 Å². The summed E-state index contributed by atoms with van der Waals surface area (Å²) < 4.78 is 0. The van der Waals surface area contributed by atoms with Gasteiger partial charge in [0, 0.05) is 12.7 Å². The third-order valence-corrected chi connectivity index (χ3v) is 2.41. The van der Waals surface area contributed by atoms with Crippen molar-refractivity contribution in [1.82, 2.24) is 4.98 Å². The van der Waals surface area contributed by atoms with Crippen molar-refractivity contribution in [2.24, 2.45) is 0 Å². The van der Waals surface area contributed by atoms with Gasteiger partial charge in [-0.2, -0.15) is 0 Å². The lowest BCUT2D eigenvalue weighted by molar-refractivity contribution is 0.684. The minimum atomic E-state index is 0.573. The smallest absolute Gasteiger partial charge is 0.149 e. The summed E-state index contributed by atoms with van der Waals surface area (Å²) in [6, 6.07) is 1.71. The monoisotopic (exact) mass is 227 g/mol. The first-order valence-electron chi connectivity index (χ1n) is 5.39. The van der Waals surface area contributed by atoms with Crippen LogP contribution in [0.5, 0.6) is 0 Å². The molecule has 3 N–H and O–H groups in total. The van der Waals surface area contributed by atoms with E-state index in [1.54, 1.807) is 12.3 Å². The summed E-state index contributed by atoms with van der Waals surface area (Å²) in [5.74, 6) is 0.732. The van der Waals surface area contributed by atoms with E-state index in [0.717, 1.165) is 18.8 Å². The number of anilines is 2. The van der Waals surface area contributed by atoms with E-state index in [2.05, 4.69) is 17.2 Å². The Balaban J connectivity index is 2.31. The zero-order chi connectivity index (χ0) is 11.1. The lowest BCUT2D eigenvalue weighted by Gasteiger charge is -2.07. The molecule has 1 rings (SSSR count). The van der Waals surface area contributed by atoms with Gasteiger partial charge in [0.2, 0.25) is 0 Å². The van der Waals surface area contributed by atoms with Crippen molar-refractivity contribution in [3.63, 3.8) is 0 Å². The van der Waals surface area contributed by atoms with Gasteiger partial charge in [-0.1, -0.05) is 37.8 Å². The molecule has 4 heteroatoms. The minimum Gasteiger partial charge on any atom is -0.396 e. The summed E-state index contributed by atoms with van der Waals surface area (Å²) in [4.78, 5) is 4.13. The Hall–Kier alpha value is -0.960. The predicted molar refractivity (Wildman–Crippen MR) is 66.3 cm³/mol. The van der Waals surface area contributed by atoms with E-state index in [-0.39, 0.29) is 0 Å². The molecule has 0 saturated heterocycles. The molecule has 3 nitrogen and oxygen atoms in total. The molecule has 0 spiro atoms. The zero-order valence-corrected chi connectivity index (χ0v) is 9.85. The largest absolute Gasteiger partial charge is 0.396 e. The maximum absolute atomic E-state index is 5.75. The zero-order valence-electron chi connectivity index (χ0n) is 9.09. The first-order chi connectivity index (χ1) is 7.24. The van der Waals surface area contributed by atoms with Crippen LogP contribution in [0.2, 0.25) is 5.02 Å². The molecule has 0 aromatic carbocycles. The van der Waals surface area contributed by atoms with Gasteiger partial charge >= 0.3 is 0 Å². The number of rotatable bonds is 6. The molecular formula is C11H18ClN3. The van der Waals surface area contributed by atoms with Crippen LogP contribution in [0.3, 0.4) is 0 Å². The van der Waals surface area contributed by atoms with Gasteiger partial charge in [0.25, 0.3) is 0 Å². The highest BCUT2D eigenvalue weighted by Crippen LogP contribution is 2.19. The lowest BCUT2D eigenvalue weighted by Crippen LogP contribution is -2.05. The maximum atomic E-state index is 5.75. The van der Waals surface area contributed by atoms with E-state index in [4.69, 9.17) is 17.3 Å². The Bertz CT molecular complexity index is 302. The molecule has 0 atom stereocenters. The average molecular weight is 228 g/mol. The number of hydrogen-bond donors (Lipinski definition) is 2. The third kappa shape index (κ3) is 4.38. The molecule has 0 radical (unpaired) electrons. The van der Waals surface area contributed by atoms with Crippen LogP contribution in [-0.2, 0) is 0 Å². The average Bonchev–Trinajstić information content (AvgIpc) is 2.20. The summed E-state index contributed by atoms with van der Waals surface area (Å²) in [6.07, 6.45) is 6.54. The van der Waals surface area contributed by atoms with Crippen molar-refractivity contribution in [3.05, 3.63) is 17.3 Å². The molecule has 0 aliphatic heterocycles. The van der Waals surface area contributed by atoms with Crippen molar-refractivity contribution in [1.29, 1.82) is 0 Å².